The second-order valence-corrected chi connectivity index (χ2v) is 3.44. The van der Waals surface area contributed by atoms with Crippen molar-refractivity contribution >= 4 is 17.4 Å². The molecule has 2 N–H and O–H groups in total. The van der Waals surface area contributed by atoms with Crippen molar-refractivity contribution in [2.75, 3.05) is 12.1 Å². The molecule has 0 saturated heterocycles. The lowest BCUT2D eigenvalue weighted by Gasteiger charge is -2.15. The number of aromatic nitrogens is 1. The van der Waals surface area contributed by atoms with Gasteiger partial charge < -0.3 is 0 Å². The molecule has 0 aliphatic carbocycles. The summed E-state index contributed by atoms with van der Waals surface area (Å²) >= 11 is 5.97. The number of pyridine rings is 1. The Kier molecular flexibility index (Phi) is 2.94. The lowest BCUT2D eigenvalue weighted by molar-refractivity contribution is 0.956. The highest BCUT2D eigenvalue weighted by Gasteiger charge is 2.14. The number of nitrogens with zero attached hydrogens (tertiary/aromatic N) is 3. The maximum atomic E-state index is 8.93. The third-order valence-corrected chi connectivity index (χ3v) is 2.52. The largest absolute Gasteiger partial charge is 0.297 e. The number of nitrogens with two attached hydrogens (primary N) is 1. The van der Waals surface area contributed by atoms with E-state index >= 15 is 0 Å². The van der Waals surface area contributed by atoms with E-state index < -0.39 is 0 Å². The summed E-state index contributed by atoms with van der Waals surface area (Å²) in [5.74, 6) is 6.01. The first-order valence-electron chi connectivity index (χ1n) is 4.04. The van der Waals surface area contributed by atoms with Crippen LogP contribution in [0.25, 0.3) is 0 Å². The van der Waals surface area contributed by atoms with E-state index in [2.05, 4.69) is 4.98 Å². The fourth-order valence-electron chi connectivity index (χ4n) is 1.20. The molecule has 0 spiro atoms. The number of rotatable bonds is 1. The van der Waals surface area contributed by atoms with Crippen molar-refractivity contribution in [3.63, 3.8) is 0 Å². The molecule has 4 nitrogen and oxygen atoms in total. The van der Waals surface area contributed by atoms with E-state index in [-0.39, 0.29) is 0 Å². The zero-order valence-electron chi connectivity index (χ0n) is 8.30. The number of hydrogen-bond donors (Lipinski definition) is 1. The van der Waals surface area contributed by atoms with Gasteiger partial charge in [0.25, 0.3) is 0 Å². The second-order valence-electron chi connectivity index (χ2n) is 3.06. The van der Waals surface area contributed by atoms with Gasteiger partial charge in [-0.05, 0) is 19.4 Å². The fourth-order valence-corrected chi connectivity index (χ4v) is 1.34. The lowest BCUT2D eigenvalue weighted by Crippen LogP contribution is -2.27. The minimum atomic E-state index is 0.422. The Bertz CT molecular complexity index is 406. The Balaban J connectivity index is 3.54. The van der Waals surface area contributed by atoms with Gasteiger partial charge in [0.1, 0.15) is 11.6 Å². The maximum Gasteiger partial charge on any atom is 0.160 e. The molecule has 0 fully saturated rings. The highest BCUT2D eigenvalue weighted by molar-refractivity contribution is 6.32. The first-order chi connectivity index (χ1) is 6.49. The molecular formula is C9H11ClN4. The van der Waals surface area contributed by atoms with Crippen LogP contribution in [0.2, 0.25) is 5.02 Å². The summed E-state index contributed by atoms with van der Waals surface area (Å²) in [5, 5.41) is 10.8. The van der Waals surface area contributed by atoms with Crippen molar-refractivity contribution < 1.29 is 0 Å². The van der Waals surface area contributed by atoms with Crippen LogP contribution in [0.1, 0.15) is 16.8 Å². The van der Waals surface area contributed by atoms with Crippen molar-refractivity contribution in [3.8, 4) is 6.07 Å². The Morgan fingerprint density at radius 3 is 2.50 bits per heavy atom. The number of anilines is 1. The van der Waals surface area contributed by atoms with E-state index in [1.807, 2.05) is 6.07 Å². The number of hydrazine groups is 1. The minimum absolute atomic E-state index is 0.422. The van der Waals surface area contributed by atoms with Crippen molar-refractivity contribution in [1.29, 1.82) is 5.26 Å². The molecule has 0 atom stereocenters. The standard InChI is InChI=1S/C9H11ClN4/c1-5-7(4-11)9(14(3)12)13-6(2)8(5)10/h12H2,1-3H3. The van der Waals surface area contributed by atoms with E-state index in [1.165, 1.54) is 5.01 Å². The third kappa shape index (κ3) is 1.65. The van der Waals surface area contributed by atoms with Crippen LogP contribution >= 0.6 is 11.6 Å². The van der Waals surface area contributed by atoms with Crippen molar-refractivity contribution in [3.05, 3.63) is 21.8 Å². The van der Waals surface area contributed by atoms with E-state index in [4.69, 9.17) is 22.7 Å². The third-order valence-electron chi connectivity index (χ3n) is 1.96. The van der Waals surface area contributed by atoms with Gasteiger partial charge in [-0.15, -0.1) is 0 Å². The predicted molar refractivity (Wildman–Crippen MR) is 56.0 cm³/mol. The second kappa shape index (κ2) is 3.82. The average Bonchev–Trinajstić information content (AvgIpc) is 2.13. The first-order valence-corrected chi connectivity index (χ1v) is 4.42. The molecule has 0 radical (unpaired) electrons. The fraction of sp³-hybridized carbons (Fsp3) is 0.333. The SMILES string of the molecule is Cc1nc(N(C)N)c(C#N)c(C)c1Cl. The van der Waals surface area contributed by atoms with Crippen molar-refractivity contribution in [2.24, 2.45) is 5.84 Å². The molecule has 1 heterocycles. The first kappa shape index (κ1) is 10.8. The van der Waals surface area contributed by atoms with E-state index in [1.54, 1.807) is 20.9 Å². The Morgan fingerprint density at radius 2 is 2.07 bits per heavy atom. The Hall–Kier alpha value is -1.31. The van der Waals surface area contributed by atoms with E-state index in [0.717, 1.165) is 0 Å². The molecule has 1 aromatic rings. The van der Waals surface area contributed by atoms with E-state index in [9.17, 15) is 0 Å². The lowest BCUT2D eigenvalue weighted by atomic mass is 10.1. The predicted octanol–water partition coefficient (Wildman–Crippen LogP) is 1.53. The van der Waals surface area contributed by atoms with Gasteiger partial charge in [-0.1, -0.05) is 11.6 Å². The van der Waals surface area contributed by atoms with Gasteiger partial charge in [0.2, 0.25) is 0 Å². The molecule has 74 valence electrons. The summed E-state index contributed by atoms with van der Waals surface area (Å²) in [7, 11) is 1.63. The van der Waals surface area contributed by atoms with Crippen LogP contribution in [-0.2, 0) is 0 Å². The van der Waals surface area contributed by atoms with Crippen molar-refractivity contribution in [2.45, 2.75) is 13.8 Å². The molecule has 0 amide bonds. The Labute approximate surface area is 87.9 Å². The smallest absolute Gasteiger partial charge is 0.160 e. The molecule has 0 unspecified atom stereocenters. The number of nitriles is 1. The van der Waals surface area contributed by atoms with Gasteiger partial charge in [-0.3, -0.25) is 5.01 Å². The maximum absolute atomic E-state index is 8.93. The van der Waals surface area contributed by atoms with Crippen LogP contribution in [0.3, 0.4) is 0 Å². The van der Waals surface area contributed by atoms with Gasteiger partial charge in [-0.2, -0.15) is 5.26 Å². The minimum Gasteiger partial charge on any atom is -0.297 e. The molecular weight excluding hydrogens is 200 g/mol. The number of halogens is 1. The molecule has 0 bridgehead atoms. The summed E-state index contributed by atoms with van der Waals surface area (Å²) in [4.78, 5) is 4.15. The molecule has 5 heteroatoms. The normalized spacial score (nSPS) is 9.71. The van der Waals surface area contributed by atoms with Crippen LogP contribution in [0.4, 0.5) is 5.82 Å². The van der Waals surface area contributed by atoms with Gasteiger partial charge in [-0.25, -0.2) is 10.8 Å². The van der Waals surface area contributed by atoms with Gasteiger partial charge in [0.15, 0.2) is 5.82 Å². The quantitative estimate of drug-likeness (QED) is 0.564. The Morgan fingerprint density at radius 1 is 1.50 bits per heavy atom. The van der Waals surface area contributed by atoms with Crippen LogP contribution in [0, 0.1) is 25.2 Å². The van der Waals surface area contributed by atoms with Gasteiger partial charge >= 0.3 is 0 Å². The van der Waals surface area contributed by atoms with Crippen LogP contribution in [0.15, 0.2) is 0 Å². The zero-order valence-corrected chi connectivity index (χ0v) is 9.05. The van der Waals surface area contributed by atoms with E-state index in [0.29, 0.717) is 27.7 Å². The molecule has 0 saturated carbocycles. The highest BCUT2D eigenvalue weighted by Crippen LogP contribution is 2.27. The summed E-state index contributed by atoms with van der Waals surface area (Å²) < 4.78 is 0. The molecule has 0 aliphatic heterocycles. The summed E-state index contributed by atoms with van der Waals surface area (Å²) in [6.45, 7) is 3.56. The van der Waals surface area contributed by atoms with Crippen LogP contribution < -0.4 is 10.9 Å². The number of hydrogen-bond acceptors (Lipinski definition) is 4. The molecule has 1 aromatic heterocycles. The zero-order chi connectivity index (χ0) is 10.9. The highest BCUT2D eigenvalue weighted by atomic mass is 35.5. The summed E-state index contributed by atoms with van der Waals surface area (Å²) in [6, 6.07) is 2.04. The summed E-state index contributed by atoms with van der Waals surface area (Å²) in [5.41, 5.74) is 1.81. The summed E-state index contributed by atoms with van der Waals surface area (Å²) in [6.07, 6.45) is 0. The average molecular weight is 211 g/mol. The van der Waals surface area contributed by atoms with Gasteiger partial charge in [0.05, 0.1) is 10.7 Å². The van der Waals surface area contributed by atoms with Crippen LogP contribution in [-0.4, -0.2) is 12.0 Å². The van der Waals surface area contributed by atoms with Gasteiger partial charge in [0, 0.05) is 7.05 Å². The molecule has 0 aromatic carbocycles. The number of aryl methyl sites for hydroxylation is 1. The molecule has 14 heavy (non-hydrogen) atoms. The topological polar surface area (TPSA) is 65.9 Å². The molecule has 1 rings (SSSR count). The van der Waals surface area contributed by atoms with Crippen molar-refractivity contribution in [1.82, 2.24) is 4.98 Å². The van der Waals surface area contributed by atoms with Crippen LogP contribution in [0.5, 0.6) is 0 Å². The molecule has 0 aliphatic rings. The monoisotopic (exact) mass is 210 g/mol.